The van der Waals surface area contributed by atoms with E-state index in [1.165, 1.54) is 24.3 Å². The highest BCUT2D eigenvalue weighted by Crippen LogP contribution is 2.48. The number of rotatable bonds is 6. The number of hydrogen-bond acceptors (Lipinski definition) is 1. The molecule has 0 radical (unpaired) electrons. The van der Waals surface area contributed by atoms with Gasteiger partial charge in [-0.25, -0.2) is 8.78 Å². The number of amides is 1. The van der Waals surface area contributed by atoms with Crippen LogP contribution in [-0.2, 0) is 22.7 Å². The van der Waals surface area contributed by atoms with Gasteiger partial charge < -0.3 is 5.32 Å². The Labute approximate surface area is 224 Å². The second-order valence-corrected chi connectivity index (χ2v) is 9.19. The molecule has 4 aromatic rings. The number of nitrogens with one attached hydrogen (secondary N) is 1. The summed E-state index contributed by atoms with van der Waals surface area (Å²) < 4.78 is 112. The van der Waals surface area contributed by atoms with Gasteiger partial charge in [-0.2, -0.15) is 26.3 Å². The lowest BCUT2D eigenvalue weighted by Crippen LogP contribution is -2.51. The molecule has 1 N–H and O–H groups in total. The summed E-state index contributed by atoms with van der Waals surface area (Å²) in [5, 5.41) is 2.60. The summed E-state index contributed by atoms with van der Waals surface area (Å²) in [6, 6.07) is 17.7. The Kier molecular flexibility index (Phi) is 7.74. The third kappa shape index (κ3) is 5.85. The molecule has 0 aliphatic heterocycles. The highest BCUT2D eigenvalue weighted by Gasteiger charge is 2.47. The maximum Gasteiger partial charge on any atom is 0.416 e. The fraction of sp³-hybridized carbons (Fsp3) is 0.167. The van der Waals surface area contributed by atoms with Gasteiger partial charge in [0.05, 0.1) is 11.1 Å². The van der Waals surface area contributed by atoms with Crippen molar-refractivity contribution in [2.24, 2.45) is 0 Å². The van der Waals surface area contributed by atoms with Crippen molar-refractivity contribution in [3.8, 4) is 0 Å². The minimum Gasteiger partial charge on any atom is -0.342 e. The van der Waals surface area contributed by atoms with Crippen molar-refractivity contribution >= 4 is 5.91 Å². The molecule has 1 amide bonds. The lowest BCUT2D eigenvalue weighted by Gasteiger charge is -2.43. The maximum absolute atomic E-state index is 14.6. The first-order chi connectivity index (χ1) is 18.7. The van der Waals surface area contributed by atoms with Crippen LogP contribution in [0, 0.1) is 11.6 Å². The van der Waals surface area contributed by atoms with E-state index in [1.807, 2.05) is 0 Å². The van der Waals surface area contributed by atoms with Gasteiger partial charge in [0.15, 0.2) is 0 Å². The van der Waals surface area contributed by atoms with E-state index >= 15 is 0 Å². The van der Waals surface area contributed by atoms with Crippen LogP contribution in [0.5, 0.6) is 0 Å². The van der Waals surface area contributed by atoms with Gasteiger partial charge in [0.2, 0.25) is 5.91 Å². The van der Waals surface area contributed by atoms with E-state index in [0.717, 1.165) is 43.3 Å². The molecule has 0 bridgehead atoms. The Morgan fingerprint density at radius 3 is 1.48 bits per heavy atom. The average Bonchev–Trinajstić information content (AvgIpc) is 2.87. The first kappa shape index (κ1) is 28.8. The number of hydrogen-bond donors (Lipinski definition) is 1. The standard InChI is InChI=1S/C30H21F8NO/c1-18(40)39-28(21-9-5-11-23(15-21)29(33,34)35,22-10-6-12-24(16-22)30(36,37)38)27(19-7-3-2-4-8-19)20-13-25(31)17-26(32)14-20/h2-17,27H,1H3,(H,39,40). The first-order valence-electron chi connectivity index (χ1n) is 11.9. The smallest absolute Gasteiger partial charge is 0.342 e. The van der Waals surface area contributed by atoms with Crippen LogP contribution in [0.1, 0.15) is 46.2 Å². The lowest BCUT2D eigenvalue weighted by atomic mass is 9.66. The summed E-state index contributed by atoms with van der Waals surface area (Å²) in [6.45, 7) is 1.05. The molecule has 40 heavy (non-hydrogen) atoms. The maximum atomic E-state index is 14.6. The minimum atomic E-state index is -4.85. The van der Waals surface area contributed by atoms with Crippen LogP contribution in [-0.4, -0.2) is 5.91 Å². The molecular formula is C30H21F8NO. The second-order valence-electron chi connectivity index (χ2n) is 9.19. The first-order valence-corrected chi connectivity index (χ1v) is 11.9. The summed E-state index contributed by atoms with van der Waals surface area (Å²) in [5.41, 5.74) is -4.85. The summed E-state index contributed by atoms with van der Waals surface area (Å²) >= 11 is 0. The quantitative estimate of drug-likeness (QED) is 0.236. The molecule has 0 fully saturated rings. The van der Waals surface area contributed by atoms with Crippen molar-refractivity contribution in [2.45, 2.75) is 30.7 Å². The van der Waals surface area contributed by atoms with Crippen LogP contribution in [0.25, 0.3) is 0 Å². The molecule has 1 atom stereocenters. The lowest BCUT2D eigenvalue weighted by molar-refractivity contribution is -0.138. The summed E-state index contributed by atoms with van der Waals surface area (Å²) in [5.74, 6) is -4.26. The third-order valence-corrected chi connectivity index (χ3v) is 6.45. The van der Waals surface area contributed by atoms with Crippen LogP contribution >= 0.6 is 0 Å². The molecule has 1 unspecified atom stereocenters. The molecule has 0 aliphatic rings. The van der Waals surface area contributed by atoms with E-state index in [1.54, 1.807) is 18.2 Å². The average molecular weight is 563 g/mol. The van der Waals surface area contributed by atoms with Gasteiger partial charge in [-0.3, -0.25) is 4.79 Å². The molecule has 4 rings (SSSR count). The predicted molar refractivity (Wildman–Crippen MR) is 132 cm³/mol. The van der Waals surface area contributed by atoms with E-state index in [9.17, 15) is 39.9 Å². The van der Waals surface area contributed by atoms with Gasteiger partial charge in [0, 0.05) is 18.9 Å². The number of benzene rings is 4. The van der Waals surface area contributed by atoms with Crippen LogP contribution in [0.15, 0.2) is 97.1 Å². The van der Waals surface area contributed by atoms with Gasteiger partial charge in [-0.15, -0.1) is 0 Å². The van der Waals surface area contributed by atoms with Gasteiger partial charge >= 0.3 is 12.4 Å². The van der Waals surface area contributed by atoms with Gasteiger partial charge in [0.25, 0.3) is 0 Å². The predicted octanol–water partition coefficient (Wildman–Crippen LogP) is 8.21. The third-order valence-electron chi connectivity index (χ3n) is 6.45. The number of halogens is 8. The Morgan fingerprint density at radius 1 is 0.600 bits per heavy atom. The van der Waals surface area contributed by atoms with Crippen LogP contribution < -0.4 is 5.32 Å². The van der Waals surface area contributed by atoms with E-state index in [0.29, 0.717) is 18.2 Å². The summed E-state index contributed by atoms with van der Waals surface area (Å²) in [6.07, 6.45) is -9.70. The van der Waals surface area contributed by atoms with Gasteiger partial charge in [0.1, 0.15) is 17.2 Å². The van der Waals surface area contributed by atoms with Crippen LogP contribution in [0.4, 0.5) is 35.1 Å². The molecule has 4 aromatic carbocycles. The van der Waals surface area contributed by atoms with Crippen molar-refractivity contribution in [2.75, 3.05) is 0 Å². The zero-order valence-corrected chi connectivity index (χ0v) is 20.7. The Balaban J connectivity index is 2.21. The monoisotopic (exact) mass is 563 g/mol. The topological polar surface area (TPSA) is 29.1 Å². The van der Waals surface area contributed by atoms with Gasteiger partial charge in [-0.05, 0) is 58.7 Å². The van der Waals surface area contributed by atoms with Crippen molar-refractivity contribution < 1.29 is 39.9 Å². The molecule has 0 saturated carbocycles. The van der Waals surface area contributed by atoms with Crippen molar-refractivity contribution in [1.82, 2.24) is 5.32 Å². The Bertz CT molecular complexity index is 1430. The fourth-order valence-corrected chi connectivity index (χ4v) is 4.96. The van der Waals surface area contributed by atoms with Crippen molar-refractivity contribution in [3.05, 3.63) is 142 Å². The summed E-state index contributed by atoms with van der Waals surface area (Å²) in [7, 11) is 0. The number of carbonyl (C=O) groups is 1. The molecule has 0 aromatic heterocycles. The van der Waals surface area contributed by atoms with Crippen LogP contribution in [0.2, 0.25) is 0 Å². The molecule has 0 aliphatic carbocycles. The largest absolute Gasteiger partial charge is 0.416 e. The highest BCUT2D eigenvalue weighted by molar-refractivity contribution is 5.76. The molecule has 0 heterocycles. The van der Waals surface area contributed by atoms with E-state index in [4.69, 9.17) is 0 Å². The molecule has 208 valence electrons. The van der Waals surface area contributed by atoms with E-state index in [2.05, 4.69) is 5.32 Å². The Morgan fingerprint density at radius 2 is 1.05 bits per heavy atom. The fourth-order valence-electron chi connectivity index (χ4n) is 4.96. The van der Waals surface area contributed by atoms with Gasteiger partial charge in [-0.1, -0.05) is 54.6 Å². The molecule has 0 spiro atoms. The second kappa shape index (κ2) is 10.7. The molecule has 10 heteroatoms. The summed E-state index contributed by atoms with van der Waals surface area (Å²) in [4.78, 5) is 12.8. The SMILES string of the molecule is CC(=O)NC(c1cccc(C(F)(F)F)c1)(c1cccc(C(F)(F)F)c1)C(c1ccccc1)c1cc(F)cc(F)c1. The number of alkyl halides is 6. The van der Waals surface area contributed by atoms with Crippen molar-refractivity contribution in [1.29, 1.82) is 0 Å². The Hall–Kier alpha value is -4.21. The van der Waals surface area contributed by atoms with Crippen LogP contribution in [0.3, 0.4) is 0 Å². The number of carbonyl (C=O) groups excluding carboxylic acids is 1. The zero-order valence-electron chi connectivity index (χ0n) is 20.7. The minimum absolute atomic E-state index is 0.132. The highest BCUT2D eigenvalue weighted by atomic mass is 19.4. The molecular weight excluding hydrogens is 542 g/mol. The molecule has 2 nitrogen and oxygen atoms in total. The zero-order chi connectivity index (χ0) is 29.3. The van der Waals surface area contributed by atoms with E-state index < -0.39 is 52.5 Å². The van der Waals surface area contributed by atoms with E-state index in [-0.39, 0.29) is 22.3 Å². The van der Waals surface area contributed by atoms with Crippen molar-refractivity contribution in [3.63, 3.8) is 0 Å². The molecule has 0 saturated heterocycles. The normalized spacial score (nSPS) is 13.1.